The van der Waals surface area contributed by atoms with Crippen LogP contribution < -0.4 is 32.7 Å². The summed E-state index contributed by atoms with van der Waals surface area (Å²) >= 11 is 1.43. The van der Waals surface area contributed by atoms with Crippen molar-refractivity contribution in [2.24, 2.45) is 11.5 Å². The van der Waals surface area contributed by atoms with E-state index in [4.69, 9.17) is 16.2 Å². The number of methoxy groups -OCH3 is 1. The van der Waals surface area contributed by atoms with Crippen LogP contribution in [-0.2, 0) is 46.3 Å². The molecule has 0 spiro atoms. The van der Waals surface area contributed by atoms with Crippen molar-refractivity contribution in [1.29, 1.82) is 0 Å². The first kappa shape index (κ1) is 36.6. The number of carbonyl (C=O) groups is 6. The molecular weight excluding hydrogens is 626 g/mol. The van der Waals surface area contributed by atoms with Crippen molar-refractivity contribution in [1.82, 2.24) is 26.3 Å². The summed E-state index contributed by atoms with van der Waals surface area (Å²) in [7, 11) is 1.13. The van der Waals surface area contributed by atoms with Gasteiger partial charge in [-0.15, -0.1) is 0 Å². The average molecular weight is 668 g/mol. The summed E-state index contributed by atoms with van der Waals surface area (Å²) in [4.78, 5) is 80.4. The molecular formula is C32H41N7O7S. The van der Waals surface area contributed by atoms with Crippen molar-refractivity contribution in [3.8, 4) is 0 Å². The van der Waals surface area contributed by atoms with E-state index in [0.29, 0.717) is 5.75 Å². The number of esters is 1. The third-order valence-electron chi connectivity index (χ3n) is 7.35. The smallest absolute Gasteiger partial charge is 0.308 e. The summed E-state index contributed by atoms with van der Waals surface area (Å²) in [5.41, 5.74) is 13.4. The SMILES string of the molecule is COC(=O)C[C@H](NC(=O)[C@H](CCSC)NC(=O)[C@H](Cc1c[nH]c2ccccc12)NC(=O)CN)C(=O)N[C@@H](Cc1ccccc1)C(N)=O. The van der Waals surface area contributed by atoms with Crippen LogP contribution in [0.3, 0.4) is 0 Å². The highest BCUT2D eigenvalue weighted by molar-refractivity contribution is 7.98. The van der Waals surface area contributed by atoms with Crippen molar-refractivity contribution in [3.63, 3.8) is 0 Å². The third-order valence-corrected chi connectivity index (χ3v) is 8.00. The zero-order valence-electron chi connectivity index (χ0n) is 26.2. The number of primary amides is 1. The van der Waals surface area contributed by atoms with Gasteiger partial charge >= 0.3 is 5.97 Å². The highest BCUT2D eigenvalue weighted by Gasteiger charge is 2.32. The molecule has 0 saturated heterocycles. The van der Waals surface area contributed by atoms with Gasteiger partial charge in [0, 0.05) is 29.9 Å². The summed E-state index contributed by atoms with van der Waals surface area (Å²) in [6, 6.07) is 11.5. The van der Waals surface area contributed by atoms with Crippen LogP contribution >= 0.6 is 11.8 Å². The minimum absolute atomic E-state index is 0.0829. The second-order valence-corrected chi connectivity index (χ2v) is 11.7. The number of hydrogen-bond acceptors (Lipinski definition) is 9. The van der Waals surface area contributed by atoms with Crippen LogP contribution in [0.25, 0.3) is 10.9 Å². The Morgan fingerprint density at radius 3 is 2.09 bits per heavy atom. The highest BCUT2D eigenvalue weighted by atomic mass is 32.2. The number of nitrogens with two attached hydrogens (primary N) is 2. The minimum atomic E-state index is -1.46. The lowest BCUT2D eigenvalue weighted by molar-refractivity contribution is -0.144. The Morgan fingerprint density at radius 1 is 0.809 bits per heavy atom. The van der Waals surface area contributed by atoms with E-state index >= 15 is 0 Å². The van der Waals surface area contributed by atoms with Gasteiger partial charge in [0.15, 0.2) is 0 Å². The summed E-state index contributed by atoms with van der Waals surface area (Å²) < 4.78 is 4.72. The van der Waals surface area contributed by atoms with Crippen LogP contribution in [0.2, 0.25) is 0 Å². The number of rotatable bonds is 18. The summed E-state index contributed by atoms with van der Waals surface area (Å²) in [6.45, 7) is -0.352. The fourth-order valence-electron chi connectivity index (χ4n) is 4.84. The topological polar surface area (TPSA) is 228 Å². The summed E-state index contributed by atoms with van der Waals surface area (Å²) in [5, 5.41) is 11.2. The van der Waals surface area contributed by atoms with Crippen molar-refractivity contribution in [2.45, 2.75) is 49.9 Å². The number of benzene rings is 2. The van der Waals surface area contributed by atoms with Gasteiger partial charge in [0.1, 0.15) is 24.2 Å². The second-order valence-electron chi connectivity index (χ2n) is 10.7. The molecule has 4 atom stereocenters. The largest absolute Gasteiger partial charge is 0.469 e. The lowest BCUT2D eigenvalue weighted by Crippen LogP contribution is -2.59. The number of H-pyrrole nitrogens is 1. The molecule has 1 heterocycles. The molecule has 15 heteroatoms. The number of ether oxygens (including phenoxy) is 1. The number of para-hydroxylation sites is 1. The first-order valence-corrected chi connectivity index (χ1v) is 16.3. The van der Waals surface area contributed by atoms with Crippen LogP contribution in [0.5, 0.6) is 0 Å². The molecule has 47 heavy (non-hydrogen) atoms. The molecule has 1 aromatic heterocycles. The predicted molar refractivity (Wildman–Crippen MR) is 178 cm³/mol. The van der Waals surface area contributed by atoms with E-state index in [1.165, 1.54) is 11.8 Å². The molecule has 0 radical (unpaired) electrons. The molecule has 0 unspecified atom stereocenters. The fourth-order valence-corrected chi connectivity index (χ4v) is 5.31. The molecule has 0 aliphatic carbocycles. The number of aromatic amines is 1. The Bertz CT molecular complexity index is 1550. The van der Waals surface area contributed by atoms with Gasteiger partial charge in [-0.05, 0) is 35.6 Å². The Morgan fingerprint density at radius 2 is 1.43 bits per heavy atom. The molecule has 2 aromatic carbocycles. The maximum absolute atomic E-state index is 13.6. The maximum atomic E-state index is 13.6. The van der Waals surface area contributed by atoms with Gasteiger partial charge in [-0.1, -0.05) is 48.5 Å². The van der Waals surface area contributed by atoms with Crippen molar-refractivity contribution >= 4 is 58.2 Å². The van der Waals surface area contributed by atoms with Crippen LogP contribution in [0.1, 0.15) is 24.0 Å². The Hall–Kier alpha value is -4.89. The zero-order valence-corrected chi connectivity index (χ0v) is 27.1. The number of hydrogen-bond donors (Lipinski definition) is 7. The van der Waals surface area contributed by atoms with Gasteiger partial charge in [-0.25, -0.2) is 0 Å². The van der Waals surface area contributed by atoms with Gasteiger partial charge in [0.2, 0.25) is 29.5 Å². The molecule has 0 aliphatic rings. The number of amides is 5. The average Bonchev–Trinajstić information content (AvgIpc) is 3.48. The van der Waals surface area contributed by atoms with E-state index in [2.05, 4.69) is 26.3 Å². The molecule has 3 aromatic rings. The van der Waals surface area contributed by atoms with E-state index in [9.17, 15) is 28.8 Å². The van der Waals surface area contributed by atoms with Crippen molar-refractivity contribution in [3.05, 3.63) is 71.9 Å². The summed E-state index contributed by atoms with van der Waals surface area (Å²) in [6.07, 6.45) is 3.35. The molecule has 14 nitrogen and oxygen atoms in total. The van der Waals surface area contributed by atoms with Gasteiger partial charge in [0.25, 0.3) is 0 Å². The van der Waals surface area contributed by atoms with Gasteiger partial charge < -0.3 is 42.5 Å². The van der Waals surface area contributed by atoms with E-state index in [0.717, 1.165) is 29.1 Å². The third kappa shape index (κ3) is 11.1. The van der Waals surface area contributed by atoms with Crippen LogP contribution in [0.4, 0.5) is 0 Å². The number of nitrogens with one attached hydrogen (secondary N) is 5. The minimum Gasteiger partial charge on any atom is -0.469 e. The van der Waals surface area contributed by atoms with E-state index in [1.807, 2.05) is 30.5 Å². The van der Waals surface area contributed by atoms with E-state index in [-0.39, 0.29) is 25.8 Å². The Labute approximate surface area is 276 Å². The predicted octanol–water partition coefficient (Wildman–Crippen LogP) is -0.347. The van der Waals surface area contributed by atoms with Crippen LogP contribution in [0, 0.1) is 0 Å². The normalized spacial score (nSPS) is 13.4. The fraction of sp³-hybridized carbons (Fsp3) is 0.375. The first-order chi connectivity index (χ1) is 22.6. The van der Waals surface area contributed by atoms with Crippen LogP contribution in [0.15, 0.2) is 60.8 Å². The van der Waals surface area contributed by atoms with E-state index < -0.39 is 66.1 Å². The standard InChI is InChI=1S/C32H41N7O7S/c1-46-28(41)16-26(32(45)38-24(29(34)42)14-19-8-4-3-5-9-19)39-30(43)23(12-13-47-2)37-31(44)25(36-27(40)17-33)15-20-18-35-22-11-7-6-10-21(20)22/h3-11,18,23-26,35H,12-17,33H2,1-2H3,(H2,34,42)(H,36,40)(H,37,44)(H,38,45)(H,39,43)/t23-,24-,25-,26-/m0/s1. The lowest BCUT2D eigenvalue weighted by atomic mass is 10.0. The van der Waals surface area contributed by atoms with Crippen molar-refractivity contribution in [2.75, 3.05) is 25.7 Å². The number of fused-ring (bicyclic) bond motifs is 1. The summed E-state index contributed by atoms with van der Waals surface area (Å²) in [5.74, 6) is -3.96. The van der Waals surface area contributed by atoms with Crippen molar-refractivity contribution < 1.29 is 33.5 Å². The quantitative estimate of drug-likeness (QED) is 0.0879. The van der Waals surface area contributed by atoms with Gasteiger partial charge in [-0.3, -0.25) is 28.8 Å². The number of thioether (sulfide) groups is 1. The monoisotopic (exact) mass is 667 g/mol. The zero-order chi connectivity index (χ0) is 34.3. The Balaban J connectivity index is 1.80. The van der Waals surface area contributed by atoms with Gasteiger partial charge in [-0.2, -0.15) is 11.8 Å². The lowest BCUT2D eigenvalue weighted by Gasteiger charge is -2.26. The maximum Gasteiger partial charge on any atom is 0.308 e. The highest BCUT2D eigenvalue weighted by Crippen LogP contribution is 2.19. The second kappa shape index (κ2) is 18.3. The number of aromatic nitrogens is 1. The van der Waals surface area contributed by atoms with E-state index in [1.54, 1.807) is 36.5 Å². The molecule has 0 bridgehead atoms. The molecule has 9 N–H and O–H groups in total. The van der Waals surface area contributed by atoms with Crippen LogP contribution in [-0.4, -0.2) is 90.3 Å². The molecule has 0 fully saturated rings. The number of carbonyl (C=O) groups excluding carboxylic acids is 6. The molecule has 252 valence electrons. The van der Waals surface area contributed by atoms with Gasteiger partial charge in [0.05, 0.1) is 20.1 Å². The molecule has 0 aliphatic heterocycles. The Kier molecular flexibility index (Phi) is 14.2. The molecule has 3 rings (SSSR count). The molecule has 5 amide bonds. The first-order valence-electron chi connectivity index (χ1n) is 14.9. The molecule has 0 saturated carbocycles.